The van der Waals surface area contributed by atoms with Crippen molar-refractivity contribution in [2.75, 3.05) is 10.5 Å². The second kappa shape index (κ2) is 5.25. The molecule has 0 aromatic heterocycles. The summed E-state index contributed by atoms with van der Waals surface area (Å²) in [6.45, 7) is 3.37. The molecule has 0 aliphatic heterocycles. The summed E-state index contributed by atoms with van der Waals surface area (Å²) in [5, 5.41) is 4.98. The number of rotatable bonds is 5. The fourth-order valence-electron chi connectivity index (χ4n) is 1.41. The van der Waals surface area contributed by atoms with Crippen LogP contribution in [-0.4, -0.2) is 22.6 Å². The van der Waals surface area contributed by atoms with Crippen LogP contribution in [0, 0.1) is 6.92 Å². The Morgan fingerprint density at radius 1 is 1.22 bits per heavy atom. The Hall–Kier alpha value is -1.12. The molecular weight excluding hydrogens is 276 g/mol. The van der Waals surface area contributed by atoms with Crippen molar-refractivity contribution in [2.45, 2.75) is 25.2 Å². The maximum atomic E-state index is 11.6. The molecule has 6 nitrogen and oxygen atoms in total. The summed E-state index contributed by atoms with van der Waals surface area (Å²) in [6, 6.07) is 3.99. The lowest BCUT2D eigenvalue weighted by molar-refractivity contribution is 0.597. The number of benzene rings is 1. The Kier molecular flexibility index (Phi) is 4.36. The number of nitrogens with two attached hydrogens (primary N) is 1. The predicted molar refractivity (Wildman–Crippen MR) is 70.3 cm³/mol. The van der Waals surface area contributed by atoms with Crippen molar-refractivity contribution in [1.29, 1.82) is 0 Å². The van der Waals surface area contributed by atoms with Gasteiger partial charge in [0.1, 0.15) is 0 Å². The van der Waals surface area contributed by atoms with Crippen LogP contribution in [0.25, 0.3) is 0 Å². The molecule has 0 saturated carbocycles. The SMILES string of the molecule is CCCS(=O)(=O)Nc1ccc(S(N)(=O)=O)cc1C. The van der Waals surface area contributed by atoms with E-state index in [-0.39, 0.29) is 10.6 Å². The molecule has 0 radical (unpaired) electrons. The van der Waals surface area contributed by atoms with Gasteiger partial charge in [-0.1, -0.05) is 6.92 Å². The first-order valence-corrected chi connectivity index (χ1v) is 8.49. The van der Waals surface area contributed by atoms with Crippen LogP contribution >= 0.6 is 0 Å². The minimum atomic E-state index is -3.77. The smallest absolute Gasteiger partial charge is 0.238 e. The molecule has 1 aromatic carbocycles. The van der Waals surface area contributed by atoms with E-state index in [0.717, 1.165) is 0 Å². The molecule has 102 valence electrons. The highest BCUT2D eigenvalue weighted by Crippen LogP contribution is 2.20. The van der Waals surface area contributed by atoms with Gasteiger partial charge in [-0.2, -0.15) is 0 Å². The Balaban J connectivity index is 3.08. The number of anilines is 1. The van der Waals surface area contributed by atoms with E-state index in [1.807, 2.05) is 0 Å². The molecule has 0 unspecified atom stereocenters. The monoisotopic (exact) mass is 292 g/mol. The van der Waals surface area contributed by atoms with Gasteiger partial charge in [-0.3, -0.25) is 4.72 Å². The van der Waals surface area contributed by atoms with E-state index in [0.29, 0.717) is 17.7 Å². The van der Waals surface area contributed by atoms with Crippen LogP contribution in [0.15, 0.2) is 23.1 Å². The normalized spacial score (nSPS) is 12.4. The van der Waals surface area contributed by atoms with Gasteiger partial charge in [0.15, 0.2) is 0 Å². The molecule has 0 fully saturated rings. The molecule has 0 aliphatic rings. The molecule has 0 aliphatic carbocycles. The average Bonchev–Trinajstić information content (AvgIpc) is 2.19. The molecule has 0 heterocycles. The number of hydrogen-bond acceptors (Lipinski definition) is 4. The lowest BCUT2D eigenvalue weighted by atomic mass is 10.2. The molecule has 1 aromatic rings. The minimum absolute atomic E-state index is 0.0172. The van der Waals surface area contributed by atoms with Gasteiger partial charge in [-0.05, 0) is 37.1 Å². The minimum Gasteiger partial charge on any atom is -0.283 e. The van der Waals surface area contributed by atoms with Crippen molar-refractivity contribution in [3.8, 4) is 0 Å². The lowest BCUT2D eigenvalue weighted by Crippen LogP contribution is -2.17. The van der Waals surface area contributed by atoms with Crippen LogP contribution in [-0.2, 0) is 20.0 Å². The summed E-state index contributed by atoms with van der Waals surface area (Å²) >= 11 is 0. The summed E-state index contributed by atoms with van der Waals surface area (Å²) in [7, 11) is -7.16. The van der Waals surface area contributed by atoms with E-state index in [2.05, 4.69) is 4.72 Å². The highest BCUT2D eigenvalue weighted by molar-refractivity contribution is 7.92. The fraction of sp³-hybridized carbons (Fsp3) is 0.400. The molecule has 18 heavy (non-hydrogen) atoms. The highest BCUT2D eigenvalue weighted by Gasteiger charge is 2.13. The first-order valence-electron chi connectivity index (χ1n) is 5.29. The molecule has 0 saturated heterocycles. The topological polar surface area (TPSA) is 106 Å². The maximum absolute atomic E-state index is 11.6. The largest absolute Gasteiger partial charge is 0.283 e. The zero-order valence-electron chi connectivity index (χ0n) is 10.2. The van der Waals surface area contributed by atoms with E-state index in [9.17, 15) is 16.8 Å². The lowest BCUT2D eigenvalue weighted by Gasteiger charge is -2.10. The van der Waals surface area contributed by atoms with Crippen molar-refractivity contribution in [1.82, 2.24) is 0 Å². The van der Waals surface area contributed by atoms with Gasteiger partial charge in [0.2, 0.25) is 20.0 Å². The van der Waals surface area contributed by atoms with E-state index in [1.165, 1.54) is 18.2 Å². The third-order valence-electron chi connectivity index (χ3n) is 2.26. The van der Waals surface area contributed by atoms with Gasteiger partial charge in [-0.15, -0.1) is 0 Å². The summed E-state index contributed by atoms with van der Waals surface area (Å²) in [5.74, 6) is 0.0172. The van der Waals surface area contributed by atoms with Gasteiger partial charge < -0.3 is 0 Å². The fourth-order valence-corrected chi connectivity index (χ4v) is 3.22. The molecule has 0 spiro atoms. The summed E-state index contributed by atoms with van der Waals surface area (Å²) in [6.07, 6.45) is 0.504. The van der Waals surface area contributed by atoms with Gasteiger partial charge in [-0.25, -0.2) is 22.0 Å². The van der Waals surface area contributed by atoms with Crippen LogP contribution < -0.4 is 9.86 Å². The van der Waals surface area contributed by atoms with E-state index < -0.39 is 20.0 Å². The third kappa shape index (κ3) is 3.97. The standard InChI is InChI=1S/C10H16N2O4S2/c1-3-6-17(13,14)12-10-5-4-9(7-8(10)2)18(11,15)16/h4-5,7,12H,3,6H2,1-2H3,(H2,11,15,16). The van der Waals surface area contributed by atoms with Crippen LogP contribution in [0.1, 0.15) is 18.9 Å². The van der Waals surface area contributed by atoms with Crippen LogP contribution in [0.3, 0.4) is 0 Å². The molecule has 3 N–H and O–H groups in total. The van der Waals surface area contributed by atoms with Crippen LogP contribution in [0.2, 0.25) is 0 Å². The van der Waals surface area contributed by atoms with E-state index in [1.54, 1.807) is 13.8 Å². The van der Waals surface area contributed by atoms with Crippen molar-refractivity contribution in [3.63, 3.8) is 0 Å². The number of aryl methyl sites for hydroxylation is 1. The second-order valence-corrected chi connectivity index (χ2v) is 7.35. The van der Waals surface area contributed by atoms with E-state index >= 15 is 0 Å². The van der Waals surface area contributed by atoms with Crippen LogP contribution in [0.5, 0.6) is 0 Å². The van der Waals surface area contributed by atoms with Crippen molar-refractivity contribution >= 4 is 25.7 Å². The Morgan fingerprint density at radius 3 is 2.28 bits per heavy atom. The molecular formula is C10H16N2O4S2. The summed E-state index contributed by atoms with van der Waals surface area (Å²) < 4.78 is 47.8. The molecule has 8 heteroatoms. The molecule has 0 bridgehead atoms. The molecule has 0 amide bonds. The zero-order valence-corrected chi connectivity index (χ0v) is 11.8. The number of hydrogen-bond donors (Lipinski definition) is 2. The highest BCUT2D eigenvalue weighted by atomic mass is 32.2. The first-order chi connectivity index (χ1) is 8.15. The van der Waals surface area contributed by atoms with Crippen molar-refractivity contribution < 1.29 is 16.8 Å². The number of primary sulfonamides is 1. The summed E-state index contributed by atoms with van der Waals surface area (Å²) in [4.78, 5) is -0.0431. The first kappa shape index (κ1) is 14.9. The zero-order chi connectivity index (χ0) is 14.0. The third-order valence-corrected chi connectivity index (χ3v) is 4.65. The van der Waals surface area contributed by atoms with Gasteiger partial charge in [0, 0.05) is 0 Å². The maximum Gasteiger partial charge on any atom is 0.238 e. The van der Waals surface area contributed by atoms with Gasteiger partial charge in [0.05, 0.1) is 16.3 Å². The number of nitrogens with one attached hydrogen (secondary N) is 1. The molecule has 0 atom stereocenters. The van der Waals surface area contributed by atoms with E-state index in [4.69, 9.17) is 5.14 Å². The average molecular weight is 292 g/mol. The quantitative estimate of drug-likeness (QED) is 0.836. The predicted octanol–water partition coefficient (Wildman–Crippen LogP) is 0.794. The summed E-state index contributed by atoms with van der Waals surface area (Å²) in [5.41, 5.74) is 0.858. The Labute approximate surface area is 107 Å². The Bertz CT molecular complexity index is 636. The van der Waals surface area contributed by atoms with Crippen LogP contribution in [0.4, 0.5) is 5.69 Å². The molecule has 1 rings (SSSR count). The Morgan fingerprint density at radius 2 is 1.83 bits per heavy atom. The van der Waals surface area contributed by atoms with Crippen molar-refractivity contribution in [2.24, 2.45) is 5.14 Å². The van der Waals surface area contributed by atoms with Gasteiger partial charge in [0.25, 0.3) is 0 Å². The van der Waals surface area contributed by atoms with Gasteiger partial charge >= 0.3 is 0 Å². The van der Waals surface area contributed by atoms with Crippen molar-refractivity contribution in [3.05, 3.63) is 23.8 Å². The number of sulfonamides is 2. The second-order valence-electron chi connectivity index (χ2n) is 3.94.